The van der Waals surface area contributed by atoms with E-state index in [1.54, 1.807) is 11.8 Å². The molecule has 0 atom stereocenters. The van der Waals surface area contributed by atoms with Gasteiger partial charge >= 0.3 is 0 Å². The number of hydrogen-bond acceptors (Lipinski definition) is 7. The quantitative estimate of drug-likeness (QED) is 0.805. The fourth-order valence-corrected chi connectivity index (χ4v) is 3.35. The van der Waals surface area contributed by atoms with Gasteiger partial charge in [-0.2, -0.15) is 4.98 Å². The summed E-state index contributed by atoms with van der Waals surface area (Å²) in [5, 5.41) is 16.3. The van der Waals surface area contributed by atoms with Crippen molar-refractivity contribution in [3.8, 4) is 0 Å². The Morgan fingerprint density at radius 1 is 1.32 bits per heavy atom. The Bertz CT molecular complexity index is 595. The molecule has 0 aliphatic heterocycles. The highest BCUT2D eigenvalue weighted by Crippen LogP contribution is 2.33. The van der Waals surface area contributed by atoms with Gasteiger partial charge in [0.25, 0.3) is 0 Å². The van der Waals surface area contributed by atoms with Crippen LogP contribution in [0.25, 0.3) is 0 Å². The summed E-state index contributed by atoms with van der Waals surface area (Å²) >= 11 is 1.58. The van der Waals surface area contributed by atoms with Gasteiger partial charge in [0.05, 0.1) is 12.3 Å². The molecule has 0 bridgehead atoms. The first kappa shape index (κ1) is 17.2. The van der Waals surface area contributed by atoms with Gasteiger partial charge in [0.2, 0.25) is 5.89 Å². The highest BCUT2D eigenvalue weighted by atomic mass is 35.5. The maximum Gasteiger partial charge on any atom is 0.229 e. The second kappa shape index (κ2) is 7.94. The van der Waals surface area contributed by atoms with Gasteiger partial charge in [-0.3, -0.25) is 0 Å². The molecular formula is C13H21ClN6OS. The predicted octanol–water partition coefficient (Wildman–Crippen LogP) is 2.29. The molecule has 2 aromatic heterocycles. The topological polar surface area (TPSA) is 81.7 Å². The zero-order valence-electron chi connectivity index (χ0n) is 12.8. The molecule has 0 spiro atoms. The first-order valence-electron chi connectivity index (χ1n) is 7.26. The summed E-state index contributed by atoms with van der Waals surface area (Å²) in [6.07, 6.45) is 4.88. The van der Waals surface area contributed by atoms with E-state index in [1.807, 2.05) is 18.7 Å². The summed E-state index contributed by atoms with van der Waals surface area (Å²) in [7, 11) is 3.86. The predicted molar refractivity (Wildman–Crippen MR) is 86.1 cm³/mol. The molecular weight excluding hydrogens is 324 g/mol. The second-order valence-corrected chi connectivity index (χ2v) is 6.25. The summed E-state index contributed by atoms with van der Waals surface area (Å²) in [5.41, 5.74) is 0. The van der Waals surface area contributed by atoms with Gasteiger partial charge in [0.1, 0.15) is 5.82 Å². The second-order valence-electron chi connectivity index (χ2n) is 5.31. The minimum absolute atomic E-state index is 0. The van der Waals surface area contributed by atoms with Crippen molar-refractivity contribution >= 4 is 24.2 Å². The zero-order chi connectivity index (χ0) is 14.7. The van der Waals surface area contributed by atoms with Crippen LogP contribution in [0.15, 0.2) is 9.68 Å². The van der Waals surface area contributed by atoms with Gasteiger partial charge in [0.15, 0.2) is 11.0 Å². The third kappa shape index (κ3) is 3.80. The molecule has 1 fully saturated rings. The number of halogens is 1. The minimum Gasteiger partial charge on any atom is -0.339 e. The molecule has 1 N–H and O–H groups in total. The Hall–Kier alpha value is -1.12. The molecule has 0 unspecified atom stereocenters. The SMILES string of the molecule is CNCc1nnc(SCc2noc(C3CCCC3)n2)n1C.Cl. The molecule has 22 heavy (non-hydrogen) atoms. The van der Waals surface area contributed by atoms with E-state index < -0.39 is 0 Å². The monoisotopic (exact) mass is 344 g/mol. The number of hydrogen-bond donors (Lipinski definition) is 1. The first-order valence-corrected chi connectivity index (χ1v) is 8.24. The number of thioether (sulfide) groups is 1. The van der Waals surface area contributed by atoms with E-state index in [0.717, 1.165) is 22.7 Å². The highest BCUT2D eigenvalue weighted by Gasteiger charge is 2.23. The molecule has 2 aromatic rings. The lowest BCUT2D eigenvalue weighted by Gasteiger charge is -2.01. The summed E-state index contributed by atoms with van der Waals surface area (Å²) < 4.78 is 7.37. The Balaban J connectivity index is 0.00000176. The van der Waals surface area contributed by atoms with Crippen molar-refractivity contribution in [1.29, 1.82) is 0 Å². The van der Waals surface area contributed by atoms with Gasteiger partial charge in [-0.1, -0.05) is 29.8 Å². The number of aromatic nitrogens is 5. The standard InChI is InChI=1S/C13H20N6OS.ClH/c1-14-7-11-16-17-13(19(11)2)21-8-10-15-12(20-18-10)9-5-3-4-6-9;/h9,14H,3-8H2,1-2H3;1H. The third-order valence-corrected chi connectivity index (χ3v) is 4.79. The van der Waals surface area contributed by atoms with Gasteiger partial charge in [-0.15, -0.1) is 22.6 Å². The fraction of sp³-hybridized carbons (Fsp3) is 0.692. The van der Waals surface area contributed by atoms with Crippen molar-refractivity contribution in [2.24, 2.45) is 7.05 Å². The molecule has 3 rings (SSSR count). The van der Waals surface area contributed by atoms with Crippen LogP contribution in [0.2, 0.25) is 0 Å². The van der Waals surface area contributed by atoms with E-state index in [-0.39, 0.29) is 12.4 Å². The van der Waals surface area contributed by atoms with Crippen LogP contribution >= 0.6 is 24.2 Å². The number of nitrogens with zero attached hydrogens (tertiary/aromatic N) is 5. The lowest BCUT2D eigenvalue weighted by Crippen LogP contribution is -2.10. The lowest BCUT2D eigenvalue weighted by molar-refractivity contribution is 0.351. The third-order valence-electron chi connectivity index (χ3n) is 3.78. The van der Waals surface area contributed by atoms with Crippen LogP contribution < -0.4 is 5.32 Å². The highest BCUT2D eigenvalue weighted by molar-refractivity contribution is 7.98. The van der Waals surface area contributed by atoms with Crippen LogP contribution in [0.4, 0.5) is 0 Å². The molecule has 0 aromatic carbocycles. The lowest BCUT2D eigenvalue weighted by atomic mass is 10.1. The Labute approximate surface area is 140 Å². The van der Waals surface area contributed by atoms with Gasteiger partial charge in [-0.25, -0.2) is 0 Å². The Morgan fingerprint density at radius 3 is 2.82 bits per heavy atom. The van der Waals surface area contributed by atoms with Crippen molar-refractivity contribution in [3.63, 3.8) is 0 Å². The van der Waals surface area contributed by atoms with E-state index in [1.165, 1.54) is 25.7 Å². The Morgan fingerprint density at radius 2 is 2.09 bits per heavy atom. The molecule has 2 heterocycles. The molecule has 7 nitrogen and oxygen atoms in total. The van der Waals surface area contributed by atoms with E-state index >= 15 is 0 Å². The molecule has 1 aliphatic rings. The summed E-state index contributed by atoms with van der Waals surface area (Å²) in [5.74, 6) is 3.58. The maximum absolute atomic E-state index is 5.38. The van der Waals surface area contributed by atoms with Crippen molar-refractivity contribution in [1.82, 2.24) is 30.2 Å². The summed E-state index contributed by atoms with van der Waals surface area (Å²) in [6, 6.07) is 0. The van der Waals surface area contributed by atoms with Crippen molar-refractivity contribution < 1.29 is 4.52 Å². The minimum atomic E-state index is 0. The van der Waals surface area contributed by atoms with Crippen molar-refractivity contribution in [2.45, 2.75) is 49.1 Å². The molecule has 122 valence electrons. The number of rotatable bonds is 6. The van der Waals surface area contributed by atoms with Crippen LogP contribution in [0, 0.1) is 0 Å². The first-order chi connectivity index (χ1) is 10.3. The van der Waals surface area contributed by atoms with Crippen molar-refractivity contribution in [3.05, 3.63) is 17.5 Å². The van der Waals surface area contributed by atoms with Crippen LogP contribution in [-0.4, -0.2) is 32.0 Å². The molecule has 1 aliphatic carbocycles. The van der Waals surface area contributed by atoms with Crippen LogP contribution in [-0.2, 0) is 19.3 Å². The van der Waals surface area contributed by atoms with E-state index in [9.17, 15) is 0 Å². The maximum atomic E-state index is 5.38. The van der Waals surface area contributed by atoms with E-state index in [4.69, 9.17) is 4.52 Å². The summed E-state index contributed by atoms with van der Waals surface area (Å²) in [6.45, 7) is 0.706. The largest absolute Gasteiger partial charge is 0.339 e. The van der Waals surface area contributed by atoms with Crippen molar-refractivity contribution in [2.75, 3.05) is 7.05 Å². The zero-order valence-corrected chi connectivity index (χ0v) is 14.4. The van der Waals surface area contributed by atoms with E-state index in [0.29, 0.717) is 18.2 Å². The normalized spacial score (nSPS) is 15.2. The van der Waals surface area contributed by atoms with Crippen LogP contribution in [0.3, 0.4) is 0 Å². The Kier molecular flexibility index (Phi) is 6.22. The molecule has 9 heteroatoms. The van der Waals surface area contributed by atoms with Crippen LogP contribution in [0.1, 0.15) is 49.1 Å². The van der Waals surface area contributed by atoms with E-state index in [2.05, 4.69) is 25.7 Å². The molecule has 1 saturated carbocycles. The van der Waals surface area contributed by atoms with Gasteiger partial charge in [-0.05, 0) is 19.9 Å². The summed E-state index contributed by atoms with van der Waals surface area (Å²) in [4.78, 5) is 4.51. The van der Waals surface area contributed by atoms with Crippen LogP contribution in [0.5, 0.6) is 0 Å². The van der Waals surface area contributed by atoms with Gasteiger partial charge < -0.3 is 14.4 Å². The fourth-order valence-electron chi connectivity index (χ4n) is 2.58. The molecule has 0 radical (unpaired) electrons. The smallest absolute Gasteiger partial charge is 0.229 e. The van der Waals surface area contributed by atoms with Gasteiger partial charge in [0, 0.05) is 13.0 Å². The average molecular weight is 345 g/mol. The average Bonchev–Trinajstić information content (AvgIpc) is 3.19. The number of nitrogens with one attached hydrogen (secondary N) is 1. The molecule has 0 amide bonds. The molecule has 0 saturated heterocycles.